The Kier molecular flexibility index (Phi) is 4.34. The fourth-order valence-electron chi connectivity index (χ4n) is 2.35. The lowest BCUT2D eigenvalue weighted by Gasteiger charge is -2.24. The Labute approximate surface area is 109 Å². The molecule has 0 unspecified atom stereocenters. The lowest BCUT2D eigenvalue weighted by atomic mass is 9.98. The Hall–Kier alpha value is -1.38. The number of benzene rings is 1. The molecule has 0 bridgehead atoms. The van der Waals surface area contributed by atoms with Crippen LogP contribution in [-0.4, -0.2) is 12.2 Å². The molecule has 2 rings (SSSR count). The Balaban J connectivity index is 2.07. The standard InChI is InChI=1S/C15H23NO2/c1-11(2)17-13-9-6-10-14(15(13)16)18-12-7-4-3-5-8-12/h6,9-12H,3-5,7-8,16H2,1-2H3. The maximum absolute atomic E-state index is 6.10. The maximum atomic E-state index is 6.10. The van der Waals surface area contributed by atoms with Crippen molar-refractivity contribution in [2.24, 2.45) is 0 Å². The molecule has 0 heterocycles. The number of hydrogen-bond acceptors (Lipinski definition) is 3. The van der Waals surface area contributed by atoms with Crippen LogP contribution >= 0.6 is 0 Å². The summed E-state index contributed by atoms with van der Waals surface area (Å²) in [5.41, 5.74) is 6.72. The van der Waals surface area contributed by atoms with E-state index >= 15 is 0 Å². The summed E-state index contributed by atoms with van der Waals surface area (Å²) in [7, 11) is 0. The monoisotopic (exact) mass is 249 g/mol. The summed E-state index contributed by atoms with van der Waals surface area (Å²) in [6, 6.07) is 5.76. The molecule has 1 aliphatic rings. The van der Waals surface area contributed by atoms with Crippen LogP contribution in [0.25, 0.3) is 0 Å². The van der Waals surface area contributed by atoms with Crippen molar-refractivity contribution in [3.8, 4) is 11.5 Å². The van der Waals surface area contributed by atoms with Gasteiger partial charge in [-0.1, -0.05) is 12.5 Å². The minimum Gasteiger partial charge on any atom is -0.489 e. The van der Waals surface area contributed by atoms with Crippen molar-refractivity contribution < 1.29 is 9.47 Å². The van der Waals surface area contributed by atoms with Gasteiger partial charge in [-0.3, -0.25) is 0 Å². The Morgan fingerprint density at radius 2 is 1.78 bits per heavy atom. The van der Waals surface area contributed by atoms with E-state index in [9.17, 15) is 0 Å². The molecule has 0 saturated heterocycles. The molecular weight excluding hydrogens is 226 g/mol. The topological polar surface area (TPSA) is 44.5 Å². The predicted octanol–water partition coefficient (Wildman–Crippen LogP) is 3.77. The number of nitrogens with two attached hydrogens (primary N) is 1. The van der Waals surface area contributed by atoms with Crippen LogP contribution in [0.3, 0.4) is 0 Å². The molecule has 18 heavy (non-hydrogen) atoms. The molecule has 3 nitrogen and oxygen atoms in total. The van der Waals surface area contributed by atoms with Gasteiger partial charge in [0.2, 0.25) is 0 Å². The van der Waals surface area contributed by atoms with Crippen LogP contribution in [0.2, 0.25) is 0 Å². The molecule has 0 atom stereocenters. The third-order valence-electron chi connectivity index (χ3n) is 3.23. The Morgan fingerprint density at radius 3 is 2.44 bits per heavy atom. The number of nitrogen functional groups attached to an aromatic ring is 1. The van der Waals surface area contributed by atoms with Gasteiger partial charge in [0.25, 0.3) is 0 Å². The smallest absolute Gasteiger partial charge is 0.146 e. The molecule has 0 aromatic heterocycles. The maximum Gasteiger partial charge on any atom is 0.146 e. The van der Waals surface area contributed by atoms with E-state index in [1.54, 1.807) is 0 Å². The average Bonchev–Trinajstić information content (AvgIpc) is 2.35. The van der Waals surface area contributed by atoms with E-state index in [2.05, 4.69) is 0 Å². The summed E-state index contributed by atoms with van der Waals surface area (Å²) in [6.45, 7) is 3.99. The van der Waals surface area contributed by atoms with Crippen LogP contribution in [0.15, 0.2) is 18.2 Å². The zero-order valence-electron chi connectivity index (χ0n) is 11.3. The summed E-state index contributed by atoms with van der Waals surface area (Å²) in [5.74, 6) is 1.48. The van der Waals surface area contributed by atoms with Gasteiger partial charge in [0.1, 0.15) is 17.2 Å². The number of rotatable bonds is 4. The van der Waals surface area contributed by atoms with E-state index < -0.39 is 0 Å². The Morgan fingerprint density at radius 1 is 1.11 bits per heavy atom. The molecule has 1 aromatic rings. The van der Waals surface area contributed by atoms with Crippen molar-refractivity contribution in [2.45, 2.75) is 58.2 Å². The lowest BCUT2D eigenvalue weighted by Crippen LogP contribution is -2.20. The van der Waals surface area contributed by atoms with E-state index in [0.29, 0.717) is 11.8 Å². The van der Waals surface area contributed by atoms with Crippen LogP contribution in [-0.2, 0) is 0 Å². The zero-order valence-corrected chi connectivity index (χ0v) is 11.3. The fraction of sp³-hybridized carbons (Fsp3) is 0.600. The van der Waals surface area contributed by atoms with Gasteiger partial charge >= 0.3 is 0 Å². The number of para-hydroxylation sites is 1. The zero-order chi connectivity index (χ0) is 13.0. The highest BCUT2D eigenvalue weighted by atomic mass is 16.5. The molecular formula is C15H23NO2. The van der Waals surface area contributed by atoms with E-state index in [1.165, 1.54) is 19.3 Å². The van der Waals surface area contributed by atoms with E-state index in [1.807, 2.05) is 32.0 Å². The fourth-order valence-corrected chi connectivity index (χ4v) is 2.35. The first-order valence-electron chi connectivity index (χ1n) is 6.88. The van der Waals surface area contributed by atoms with Crippen molar-refractivity contribution in [3.05, 3.63) is 18.2 Å². The molecule has 0 radical (unpaired) electrons. The second-order valence-corrected chi connectivity index (χ2v) is 5.21. The number of hydrogen-bond donors (Lipinski definition) is 1. The van der Waals surface area contributed by atoms with Crippen LogP contribution < -0.4 is 15.2 Å². The van der Waals surface area contributed by atoms with Gasteiger partial charge in [0.05, 0.1) is 12.2 Å². The summed E-state index contributed by atoms with van der Waals surface area (Å²) < 4.78 is 11.7. The first-order valence-corrected chi connectivity index (χ1v) is 6.88. The third-order valence-corrected chi connectivity index (χ3v) is 3.23. The van der Waals surface area contributed by atoms with Gasteiger partial charge in [-0.25, -0.2) is 0 Å². The molecule has 100 valence electrons. The first kappa shape index (κ1) is 13.1. The van der Waals surface area contributed by atoms with Gasteiger partial charge in [-0.15, -0.1) is 0 Å². The van der Waals surface area contributed by atoms with Gasteiger partial charge in [-0.2, -0.15) is 0 Å². The molecule has 1 fully saturated rings. The molecule has 0 amide bonds. The second-order valence-electron chi connectivity index (χ2n) is 5.21. The van der Waals surface area contributed by atoms with E-state index in [4.69, 9.17) is 15.2 Å². The highest BCUT2D eigenvalue weighted by molar-refractivity contribution is 5.62. The number of anilines is 1. The molecule has 1 aliphatic carbocycles. The highest BCUT2D eigenvalue weighted by Gasteiger charge is 2.17. The Bertz CT molecular complexity index is 384. The first-order chi connectivity index (χ1) is 8.66. The lowest BCUT2D eigenvalue weighted by molar-refractivity contribution is 0.155. The minimum absolute atomic E-state index is 0.122. The summed E-state index contributed by atoms with van der Waals surface area (Å²) in [5, 5.41) is 0. The summed E-state index contributed by atoms with van der Waals surface area (Å²) in [6.07, 6.45) is 6.54. The molecule has 1 saturated carbocycles. The summed E-state index contributed by atoms with van der Waals surface area (Å²) in [4.78, 5) is 0. The van der Waals surface area contributed by atoms with Crippen molar-refractivity contribution in [1.82, 2.24) is 0 Å². The molecule has 1 aromatic carbocycles. The third kappa shape index (κ3) is 3.31. The normalized spacial score (nSPS) is 16.8. The SMILES string of the molecule is CC(C)Oc1cccc(OC2CCCCC2)c1N. The van der Waals surface area contributed by atoms with Gasteiger partial charge in [0, 0.05) is 0 Å². The molecule has 3 heteroatoms. The van der Waals surface area contributed by atoms with Crippen molar-refractivity contribution >= 4 is 5.69 Å². The number of ether oxygens (including phenoxy) is 2. The quantitative estimate of drug-likeness (QED) is 0.826. The van der Waals surface area contributed by atoms with E-state index in [0.717, 1.165) is 24.3 Å². The molecule has 0 aliphatic heterocycles. The average molecular weight is 249 g/mol. The van der Waals surface area contributed by atoms with Crippen LogP contribution in [0.1, 0.15) is 46.0 Å². The van der Waals surface area contributed by atoms with Crippen molar-refractivity contribution in [1.29, 1.82) is 0 Å². The highest BCUT2D eigenvalue weighted by Crippen LogP contribution is 2.34. The van der Waals surface area contributed by atoms with Crippen LogP contribution in [0, 0.1) is 0 Å². The van der Waals surface area contributed by atoms with E-state index in [-0.39, 0.29) is 6.10 Å². The predicted molar refractivity (Wildman–Crippen MR) is 74.1 cm³/mol. The van der Waals surface area contributed by atoms with Crippen LogP contribution in [0.4, 0.5) is 5.69 Å². The van der Waals surface area contributed by atoms with Gasteiger partial charge in [-0.05, 0) is 51.7 Å². The van der Waals surface area contributed by atoms with Crippen molar-refractivity contribution in [3.63, 3.8) is 0 Å². The largest absolute Gasteiger partial charge is 0.489 e. The van der Waals surface area contributed by atoms with Gasteiger partial charge in [0.15, 0.2) is 0 Å². The molecule has 0 spiro atoms. The summed E-state index contributed by atoms with van der Waals surface area (Å²) >= 11 is 0. The minimum atomic E-state index is 0.122. The van der Waals surface area contributed by atoms with Gasteiger partial charge < -0.3 is 15.2 Å². The molecule has 2 N–H and O–H groups in total. The second kappa shape index (κ2) is 5.98. The van der Waals surface area contributed by atoms with Crippen LogP contribution in [0.5, 0.6) is 11.5 Å². The van der Waals surface area contributed by atoms with Crippen molar-refractivity contribution in [2.75, 3.05) is 5.73 Å².